The Balaban J connectivity index is 1.54. The van der Waals surface area contributed by atoms with Gasteiger partial charge in [-0.3, -0.25) is 19.3 Å². The number of rotatable bonds is 5. The lowest BCUT2D eigenvalue weighted by Crippen LogP contribution is -2.67. The summed E-state index contributed by atoms with van der Waals surface area (Å²) in [5.74, 6) is -1.12. The molecule has 2 atom stereocenters. The number of amides is 3. The summed E-state index contributed by atoms with van der Waals surface area (Å²) in [5, 5.41) is 0. The Morgan fingerprint density at radius 1 is 0.781 bits per heavy atom. The van der Waals surface area contributed by atoms with Crippen LogP contribution in [-0.2, 0) is 4.79 Å². The van der Waals surface area contributed by atoms with Crippen molar-refractivity contribution in [3.63, 3.8) is 0 Å². The normalized spacial score (nSPS) is 19.8. The highest BCUT2D eigenvalue weighted by Gasteiger charge is 2.57. The summed E-state index contributed by atoms with van der Waals surface area (Å²) in [6.07, 6.45) is 0. The Morgan fingerprint density at radius 3 is 1.94 bits per heavy atom. The minimum absolute atomic E-state index is 0.280. The first-order valence-electron chi connectivity index (χ1n) is 10.3. The van der Waals surface area contributed by atoms with E-state index < -0.39 is 29.7 Å². The van der Waals surface area contributed by atoms with E-state index in [2.05, 4.69) is 0 Å². The third-order valence-corrected chi connectivity index (χ3v) is 5.81. The average molecular weight is 430 g/mol. The molecule has 3 amide bonds. The molecule has 32 heavy (non-hydrogen) atoms. The molecule has 6 nitrogen and oxygen atoms in total. The maximum Gasteiger partial charge on any atom is 0.262 e. The van der Waals surface area contributed by atoms with Crippen molar-refractivity contribution in [2.45, 2.75) is 19.0 Å². The van der Waals surface area contributed by atoms with Crippen molar-refractivity contribution in [2.75, 3.05) is 11.5 Å². The fraction of sp³-hybridized carbons (Fsp3) is 0.160. The molecule has 3 aromatic rings. The van der Waals surface area contributed by atoms with Gasteiger partial charge in [-0.2, -0.15) is 0 Å². The molecule has 0 aromatic heterocycles. The molecule has 160 valence electrons. The highest BCUT2D eigenvalue weighted by Crippen LogP contribution is 2.44. The Bertz CT molecular complexity index is 1190. The van der Waals surface area contributed by atoms with Gasteiger partial charge in [0.1, 0.15) is 17.6 Å². The average Bonchev–Trinajstić information content (AvgIpc) is 3.05. The Labute approximate surface area is 183 Å². The van der Waals surface area contributed by atoms with E-state index in [0.717, 1.165) is 4.90 Å². The number of hydrogen-bond acceptors (Lipinski definition) is 4. The first-order valence-corrected chi connectivity index (χ1v) is 10.3. The van der Waals surface area contributed by atoms with E-state index in [1.807, 2.05) is 6.92 Å². The Morgan fingerprint density at radius 2 is 1.38 bits per heavy atom. The molecule has 1 fully saturated rings. The lowest BCUT2D eigenvalue weighted by molar-refractivity contribution is -0.130. The summed E-state index contributed by atoms with van der Waals surface area (Å²) in [5.41, 5.74) is 1.78. The van der Waals surface area contributed by atoms with Crippen LogP contribution in [0.5, 0.6) is 5.75 Å². The monoisotopic (exact) mass is 430 g/mol. The number of imide groups is 1. The zero-order valence-corrected chi connectivity index (χ0v) is 17.2. The number of carbonyl (C=O) groups excluding carboxylic acids is 3. The quantitative estimate of drug-likeness (QED) is 0.454. The first-order chi connectivity index (χ1) is 15.5. The zero-order valence-electron chi connectivity index (χ0n) is 17.2. The van der Waals surface area contributed by atoms with Crippen molar-refractivity contribution in [3.05, 3.63) is 95.3 Å². The molecule has 0 spiro atoms. The van der Waals surface area contributed by atoms with Crippen LogP contribution >= 0.6 is 0 Å². The number of benzene rings is 3. The molecule has 2 unspecified atom stereocenters. The van der Waals surface area contributed by atoms with Gasteiger partial charge in [-0.25, -0.2) is 4.39 Å². The van der Waals surface area contributed by atoms with Crippen LogP contribution < -0.4 is 9.64 Å². The lowest BCUT2D eigenvalue weighted by atomic mass is 9.86. The van der Waals surface area contributed by atoms with Crippen molar-refractivity contribution < 1.29 is 23.5 Å². The number of fused-ring (bicyclic) bond motifs is 1. The second-order valence-corrected chi connectivity index (χ2v) is 7.60. The van der Waals surface area contributed by atoms with Crippen molar-refractivity contribution in [1.82, 2.24) is 4.90 Å². The van der Waals surface area contributed by atoms with E-state index in [1.165, 1.54) is 17.0 Å². The zero-order chi connectivity index (χ0) is 22.4. The van der Waals surface area contributed by atoms with Crippen LogP contribution in [0, 0.1) is 5.82 Å². The van der Waals surface area contributed by atoms with E-state index in [1.54, 1.807) is 60.7 Å². The highest BCUT2D eigenvalue weighted by atomic mass is 19.1. The summed E-state index contributed by atoms with van der Waals surface area (Å²) in [7, 11) is 0. The van der Waals surface area contributed by atoms with Gasteiger partial charge in [-0.1, -0.05) is 24.3 Å². The third kappa shape index (κ3) is 2.97. The van der Waals surface area contributed by atoms with Crippen molar-refractivity contribution in [2.24, 2.45) is 0 Å². The predicted molar refractivity (Wildman–Crippen MR) is 115 cm³/mol. The van der Waals surface area contributed by atoms with E-state index >= 15 is 0 Å². The number of halogens is 1. The molecule has 3 aromatic carbocycles. The van der Waals surface area contributed by atoms with Gasteiger partial charge in [-0.15, -0.1) is 0 Å². The maximum absolute atomic E-state index is 13.6. The van der Waals surface area contributed by atoms with Gasteiger partial charge in [0.25, 0.3) is 17.7 Å². The molecule has 0 saturated carbocycles. The molecule has 0 radical (unpaired) electrons. The summed E-state index contributed by atoms with van der Waals surface area (Å²) >= 11 is 0. The second-order valence-electron chi connectivity index (χ2n) is 7.60. The molecule has 1 saturated heterocycles. The number of hydrogen-bond donors (Lipinski definition) is 0. The van der Waals surface area contributed by atoms with Crippen LogP contribution in [0.1, 0.15) is 39.2 Å². The van der Waals surface area contributed by atoms with E-state index in [0.29, 0.717) is 23.6 Å². The maximum atomic E-state index is 13.6. The fourth-order valence-electron chi connectivity index (χ4n) is 4.33. The topological polar surface area (TPSA) is 66.9 Å². The summed E-state index contributed by atoms with van der Waals surface area (Å²) in [6, 6.07) is 17.6. The van der Waals surface area contributed by atoms with Crippen molar-refractivity contribution in [1.29, 1.82) is 0 Å². The number of anilines is 1. The van der Waals surface area contributed by atoms with Gasteiger partial charge in [0.2, 0.25) is 0 Å². The van der Waals surface area contributed by atoms with Crippen LogP contribution in [0.25, 0.3) is 0 Å². The molecular formula is C25H19FN2O4. The molecule has 2 aliphatic heterocycles. The fourth-order valence-corrected chi connectivity index (χ4v) is 4.33. The molecule has 2 heterocycles. The summed E-state index contributed by atoms with van der Waals surface area (Å²) < 4.78 is 19.0. The minimum atomic E-state index is -1.01. The van der Waals surface area contributed by atoms with E-state index in [4.69, 9.17) is 4.74 Å². The van der Waals surface area contributed by atoms with Gasteiger partial charge >= 0.3 is 0 Å². The highest BCUT2D eigenvalue weighted by molar-refractivity contribution is 6.24. The van der Waals surface area contributed by atoms with Crippen LogP contribution in [0.3, 0.4) is 0 Å². The van der Waals surface area contributed by atoms with Crippen molar-refractivity contribution in [3.8, 4) is 5.75 Å². The Hall–Kier alpha value is -4.00. The standard InChI is InChI=1S/C25H19FN2O4/c1-2-32-18-13-11-17(12-14-18)27-21(15-7-9-16(26)10-8-15)22(25(27)31)28-23(29)19-5-3-4-6-20(19)24(28)30/h3-14,21-22H,2H2,1H3. The molecule has 0 N–H and O–H groups in total. The van der Waals surface area contributed by atoms with E-state index in [9.17, 15) is 18.8 Å². The van der Waals surface area contributed by atoms with Crippen molar-refractivity contribution >= 4 is 23.4 Å². The number of carbonyl (C=O) groups is 3. The van der Waals surface area contributed by atoms with E-state index in [-0.39, 0.29) is 17.0 Å². The number of β-lactam (4-membered cyclic amide) rings is 1. The predicted octanol–water partition coefficient (Wildman–Crippen LogP) is 3.98. The summed E-state index contributed by atoms with van der Waals surface area (Å²) in [4.78, 5) is 42.0. The smallest absolute Gasteiger partial charge is 0.262 e. The van der Waals surface area contributed by atoms with Gasteiger partial charge in [0.15, 0.2) is 0 Å². The molecular weight excluding hydrogens is 411 g/mol. The van der Waals surface area contributed by atoms with Crippen LogP contribution in [0.2, 0.25) is 0 Å². The van der Waals surface area contributed by atoms with Crippen LogP contribution in [0.4, 0.5) is 10.1 Å². The SMILES string of the molecule is CCOc1ccc(N2C(=O)C(N3C(=O)c4ccccc4C3=O)C2c2ccc(F)cc2)cc1. The molecule has 0 aliphatic carbocycles. The molecule has 7 heteroatoms. The Kier molecular flexibility index (Phi) is 4.74. The van der Waals surface area contributed by atoms with Gasteiger partial charge < -0.3 is 9.64 Å². The lowest BCUT2D eigenvalue weighted by Gasteiger charge is -2.49. The molecule has 2 aliphatic rings. The largest absolute Gasteiger partial charge is 0.494 e. The number of nitrogens with zero attached hydrogens (tertiary/aromatic N) is 2. The minimum Gasteiger partial charge on any atom is -0.494 e. The second kappa shape index (κ2) is 7.60. The van der Waals surface area contributed by atoms with Crippen LogP contribution in [-0.4, -0.2) is 35.3 Å². The summed E-state index contributed by atoms with van der Waals surface area (Å²) in [6.45, 7) is 2.39. The molecule has 5 rings (SSSR count). The number of ether oxygens (including phenoxy) is 1. The third-order valence-electron chi connectivity index (χ3n) is 5.81. The van der Waals surface area contributed by atoms with Gasteiger partial charge in [0, 0.05) is 5.69 Å². The molecule has 0 bridgehead atoms. The first kappa shape index (κ1) is 19.9. The van der Waals surface area contributed by atoms with Gasteiger partial charge in [0.05, 0.1) is 23.8 Å². The van der Waals surface area contributed by atoms with Gasteiger partial charge in [-0.05, 0) is 61.0 Å². The van der Waals surface area contributed by atoms with Crippen LogP contribution in [0.15, 0.2) is 72.8 Å².